The lowest BCUT2D eigenvalue weighted by molar-refractivity contribution is -0.141. The van der Waals surface area contributed by atoms with E-state index in [1.807, 2.05) is 35.2 Å². The van der Waals surface area contributed by atoms with Crippen LogP contribution in [0.1, 0.15) is 17.5 Å². The Morgan fingerprint density at radius 3 is 2.26 bits per heavy atom. The van der Waals surface area contributed by atoms with Gasteiger partial charge in [0.2, 0.25) is 11.8 Å². The number of carbonyl (C=O) groups excluding carboxylic acids is 2. The molecule has 2 amide bonds. The smallest absolute Gasteiger partial charge is 0.232 e. The highest BCUT2D eigenvalue weighted by Gasteiger charge is 2.26. The Kier molecular flexibility index (Phi) is 5.05. The summed E-state index contributed by atoms with van der Waals surface area (Å²) in [4.78, 5) is 35.3. The zero-order valence-corrected chi connectivity index (χ0v) is 15.4. The first-order valence-corrected chi connectivity index (χ1v) is 9.49. The molecule has 2 aromatic rings. The lowest BCUT2D eigenvalue weighted by Crippen LogP contribution is -2.50. The third-order valence-corrected chi connectivity index (χ3v) is 5.39. The first-order chi connectivity index (χ1) is 13.2. The lowest BCUT2D eigenvalue weighted by Gasteiger charge is -2.36. The fourth-order valence-electron chi connectivity index (χ4n) is 3.79. The van der Waals surface area contributed by atoms with Gasteiger partial charge in [-0.3, -0.25) is 9.59 Å². The van der Waals surface area contributed by atoms with Crippen LogP contribution in [0.5, 0.6) is 0 Å². The summed E-state index contributed by atoms with van der Waals surface area (Å²) in [5, 5.41) is 0. The van der Waals surface area contributed by atoms with Crippen LogP contribution in [0.4, 0.5) is 5.82 Å². The minimum Gasteiger partial charge on any atom is -0.353 e. The van der Waals surface area contributed by atoms with E-state index in [1.54, 1.807) is 11.1 Å². The maximum Gasteiger partial charge on any atom is 0.232 e. The molecular formula is C21H24N4O2. The number of hydrogen-bond donors (Lipinski definition) is 0. The molecule has 6 heteroatoms. The monoisotopic (exact) mass is 364 g/mol. The molecular weight excluding hydrogens is 340 g/mol. The third-order valence-electron chi connectivity index (χ3n) is 5.39. The summed E-state index contributed by atoms with van der Waals surface area (Å²) < 4.78 is 0. The Hall–Kier alpha value is -2.89. The van der Waals surface area contributed by atoms with E-state index < -0.39 is 0 Å². The van der Waals surface area contributed by atoms with Gasteiger partial charge in [0.1, 0.15) is 12.2 Å². The second kappa shape index (κ2) is 7.78. The van der Waals surface area contributed by atoms with Crippen molar-refractivity contribution in [3.05, 3.63) is 59.8 Å². The average molecular weight is 364 g/mol. The molecule has 1 aromatic carbocycles. The molecule has 0 aliphatic carbocycles. The summed E-state index contributed by atoms with van der Waals surface area (Å²) in [7, 11) is 0. The number of pyridine rings is 1. The van der Waals surface area contributed by atoms with Gasteiger partial charge >= 0.3 is 0 Å². The van der Waals surface area contributed by atoms with Crippen LogP contribution in [0.2, 0.25) is 0 Å². The zero-order chi connectivity index (χ0) is 18.6. The normalized spacial score (nSPS) is 16.8. The highest BCUT2D eigenvalue weighted by molar-refractivity contribution is 5.97. The van der Waals surface area contributed by atoms with Gasteiger partial charge in [-0.15, -0.1) is 0 Å². The second-order valence-electron chi connectivity index (χ2n) is 7.07. The van der Waals surface area contributed by atoms with Crippen molar-refractivity contribution in [3.8, 4) is 0 Å². The van der Waals surface area contributed by atoms with Crippen LogP contribution in [-0.4, -0.2) is 59.3 Å². The van der Waals surface area contributed by atoms with Crippen molar-refractivity contribution in [1.29, 1.82) is 0 Å². The Morgan fingerprint density at radius 2 is 1.52 bits per heavy atom. The molecule has 1 aromatic heterocycles. The SMILES string of the molecule is O=C(CC(=O)N1CCc2ccccc2C1)N1CCN(c2ccccn2)CC1. The number of nitrogens with zero attached hydrogens (tertiary/aromatic N) is 4. The van der Waals surface area contributed by atoms with Crippen LogP contribution in [0.15, 0.2) is 48.7 Å². The molecule has 3 heterocycles. The Bertz CT molecular complexity index is 816. The van der Waals surface area contributed by atoms with Crippen LogP contribution < -0.4 is 4.90 Å². The number of fused-ring (bicyclic) bond motifs is 1. The predicted octanol–water partition coefficient (Wildman–Crippen LogP) is 1.71. The number of hydrogen-bond acceptors (Lipinski definition) is 4. The molecule has 0 atom stereocenters. The predicted molar refractivity (Wildman–Crippen MR) is 103 cm³/mol. The number of rotatable bonds is 3. The van der Waals surface area contributed by atoms with Crippen LogP contribution in [0.3, 0.4) is 0 Å². The van der Waals surface area contributed by atoms with E-state index in [4.69, 9.17) is 0 Å². The topological polar surface area (TPSA) is 56.8 Å². The molecule has 4 rings (SSSR count). The minimum atomic E-state index is -0.0699. The minimum absolute atomic E-state index is 0.0360. The van der Waals surface area contributed by atoms with E-state index in [9.17, 15) is 9.59 Å². The van der Waals surface area contributed by atoms with E-state index >= 15 is 0 Å². The van der Waals surface area contributed by atoms with Gasteiger partial charge in [0, 0.05) is 45.5 Å². The Labute approximate surface area is 159 Å². The third kappa shape index (κ3) is 3.94. The quantitative estimate of drug-likeness (QED) is 0.778. The van der Waals surface area contributed by atoms with Crippen molar-refractivity contribution in [2.24, 2.45) is 0 Å². The first-order valence-electron chi connectivity index (χ1n) is 9.49. The Balaban J connectivity index is 1.29. The van der Waals surface area contributed by atoms with Crippen molar-refractivity contribution in [2.75, 3.05) is 37.6 Å². The maximum atomic E-state index is 12.6. The van der Waals surface area contributed by atoms with Crippen molar-refractivity contribution in [3.63, 3.8) is 0 Å². The van der Waals surface area contributed by atoms with Gasteiger partial charge in [-0.1, -0.05) is 30.3 Å². The number of benzene rings is 1. The molecule has 2 aliphatic heterocycles. The summed E-state index contributed by atoms with van der Waals surface area (Å²) in [5.74, 6) is 0.800. The van der Waals surface area contributed by atoms with E-state index in [0.717, 1.165) is 25.3 Å². The van der Waals surface area contributed by atoms with Gasteiger partial charge in [0.15, 0.2) is 0 Å². The number of amides is 2. The standard InChI is InChI=1S/C21H24N4O2/c26-20(24-13-11-23(12-14-24)19-7-3-4-9-22-19)15-21(27)25-10-8-17-5-1-2-6-18(17)16-25/h1-7,9H,8,10-16H2. The van der Waals surface area contributed by atoms with Gasteiger partial charge in [-0.25, -0.2) is 4.98 Å². The van der Waals surface area contributed by atoms with Gasteiger partial charge in [0.25, 0.3) is 0 Å². The molecule has 1 fully saturated rings. The maximum absolute atomic E-state index is 12.6. The van der Waals surface area contributed by atoms with E-state index in [0.29, 0.717) is 26.2 Å². The van der Waals surface area contributed by atoms with Gasteiger partial charge in [-0.05, 0) is 29.7 Å². The molecule has 0 unspecified atom stereocenters. The molecule has 0 spiro atoms. The summed E-state index contributed by atoms with van der Waals surface area (Å²) in [6.45, 7) is 4.05. The van der Waals surface area contributed by atoms with E-state index in [2.05, 4.69) is 22.0 Å². The zero-order valence-electron chi connectivity index (χ0n) is 15.4. The number of piperazine rings is 1. The number of aromatic nitrogens is 1. The summed E-state index contributed by atoms with van der Waals surface area (Å²) in [6, 6.07) is 14.1. The lowest BCUT2D eigenvalue weighted by atomic mass is 10.00. The molecule has 0 N–H and O–H groups in total. The van der Waals surface area contributed by atoms with Crippen molar-refractivity contribution < 1.29 is 9.59 Å². The second-order valence-corrected chi connectivity index (χ2v) is 7.07. The summed E-state index contributed by atoms with van der Waals surface area (Å²) >= 11 is 0. The van der Waals surface area contributed by atoms with Crippen LogP contribution in [-0.2, 0) is 22.6 Å². The van der Waals surface area contributed by atoms with E-state index in [1.165, 1.54) is 11.1 Å². The van der Waals surface area contributed by atoms with Crippen molar-refractivity contribution in [2.45, 2.75) is 19.4 Å². The fourth-order valence-corrected chi connectivity index (χ4v) is 3.79. The first kappa shape index (κ1) is 17.5. The van der Waals surface area contributed by atoms with Gasteiger partial charge < -0.3 is 14.7 Å². The molecule has 27 heavy (non-hydrogen) atoms. The van der Waals surface area contributed by atoms with Crippen LogP contribution in [0, 0.1) is 0 Å². The van der Waals surface area contributed by atoms with Crippen LogP contribution in [0.25, 0.3) is 0 Å². The van der Waals surface area contributed by atoms with Crippen LogP contribution >= 0.6 is 0 Å². The Morgan fingerprint density at radius 1 is 0.815 bits per heavy atom. The summed E-state index contributed by atoms with van der Waals surface area (Å²) in [5.41, 5.74) is 2.49. The highest BCUT2D eigenvalue weighted by Crippen LogP contribution is 2.19. The molecule has 1 saturated heterocycles. The number of anilines is 1. The molecule has 2 aliphatic rings. The molecule has 6 nitrogen and oxygen atoms in total. The van der Waals surface area contributed by atoms with Gasteiger partial charge in [-0.2, -0.15) is 0 Å². The van der Waals surface area contributed by atoms with Gasteiger partial charge in [0.05, 0.1) is 0 Å². The largest absolute Gasteiger partial charge is 0.353 e. The number of carbonyl (C=O) groups is 2. The molecule has 0 bridgehead atoms. The van der Waals surface area contributed by atoms with E-state index in [-0.39, 0.29) is 18.2 Å². The fraction of sp³-hybridized carbons (Fsp3) is 0.381. The molecule has 0 radical (unpaired) electrons. The molecule has 140 valence electrons. The highest BCUT2D eigenvalue weighted by atomic mass is 16.2. The summed E-state index contributed by atoms with van der Waals surface area (Å²) in [6.07, 6.45) is 2.60. The van der Waals surface area contributed by atoms with Crippen molar-refractivity contribution in [1.82, 2.24) is 14.8 Å². The average Bonchev–Trinajstić information content (AvgIpc) is 2.74. The molecule has 0 saturated carbocycles. The van der Waals surface area contributed by atoms with Crippen molar-refractivity contribution >= 4 is 17.6 Å².